The van der Waals surface area contributed by atoms with Gasteiger partial charge in [-0.3, -0.25) is 3.97 Å². The molecule has 0 heterocycles. The highest BCUT2D eigenvalue weighted by Gasteiger charge is 1.69. The van der Waals surface area contributed by atoms with Crippen LogP contribution in [0.3, 0.4) is 0 Å². The maximum absolute atomic E-state index is 4.55. The fourth-order valence-corrected chi connectivity index (χ4v) is 0. The Labute approximate surface area is 52.5 Å². The largest absolute Gasteiger partial charge is 0.288 e. The summed E-state index contributed by atoms with van der Waals surface area (Å²) in [6, 6.07) is 0. The molecule has 0 amide bonds. The second-order valence-electron chi connectivity index (χ2n) is 0.290. The monoisotopic (exact) mass is 240 g/mol. The minimum Gasteiger partial charge on any atom is -0.288 e. The highest BCUT2D eigenvalue weighted by molar-refractivity contribution is 14.2. The van der Waals surface area contributed by atoms with E-state index in [1.807, 2.05) is 21.2 Å². The average molecular weight is 240 g/mol. The molecule has 2 unspecified atom stereocenters. The molecule has 0 N–H and O–H groups in total. The maximum atomic E-state index is 4.55. The minimum atomic E-state index is -0.306. The first kappa shape index (κ1) is 6.69. The van der Waals surface area contributed by atoms with Crippen molar-refractivity contribution in [1.82, 2.24) is 0 Å². The molecule has 0 aromatic carbocycles. The Balaban J connectivity index is 2.85. The van der Waals surface area contributed by atoms with Gasteiger partial charge in [0.25, 0.3) is 0 Å². The Kier molecular flexibility index (Phi) is 5.17. The molecule has 0 saturated carbocycles. The standard InChI is InChI=1S/H2IOPS2/c1-5(4)2-3/h3H2. The van der Waals surface area contributed by atoms with Crippen molar-refractivity contribution in [2.75, 3.05) is 0 Å². The third-order valence-electron chi connectivity index (χ3n) is 0.0757. The van der Waals surface area contributed by atoms with E-state index in [-0.39, 0.29) is 6.91 Å². The van der Waals surface area contributed by atoms with Crippen LogP contribution >= 0.6 is 30.7 Å². The topological polar surface area (TPSA) is 9.23 Å². The van der Waals surface area contributed by atoms with Crippen molar-refractivity contribution in [2.24, 2.45) is 0 Å². The second-order valence-corrected chi connectivity index (χ2v) is 6.55. The molecule has 0 aromatic heterocycles. The van der Waals surface area contributed by atoms with Gasteiger partial charge in [-0.05, 0) is 11.2 Å². The summed E-state index contributed by atoms with van der Waals surface area (Å²) in [6.45, 7) is -0.306. The van der Waals surface area contributed by atoms with Crippen molar-refractivity contribution in [3.8, 4) is 0 Å². The van der Waals surface area contributed by atoms with Crippen LogP contribution in [-0.4, -0.2) is 0 Å². The molecule has 0 saturated heterocycles. The number of rotatable bonds is 1. The van der Waals surface area contributed by atoms with E-state index in [9.17, 15) is 0 Å². The molecule has 0 aromatic rings. The van der Waals surface area contributed by atoms with Gasteiger partial charge in [-0.15, -0.1) is 0 Å². The van der Waals surface area contributed by atoms with Crippen molar-refractivity contribution in [2.45, 2.75) is 0 Å². The molecule has 0 rings (SSSR count). The van der Waals surface area contributed by atoms with E-state index in [2.05, 4.69) is 24.6 Å². The lowest BCUT2D eigenvalue weighted by molar-refractivity contribution is 0.767. The molecular formula is H2IOPS2. The van der Waals surface area contributed by atoms with Gasteiger partial charge in [0.1, 0.15) is 0 Å². The molecule has 0 aliphatic rings. The first-order valence-electron chi connectivity index (χ1n) is 0.723. The molecule has 32 valence electrons. The Morgan fingerprint density at radius 1 is 2.00 bits per heavy atom. The molecule has 5 heavy (non-hydrogen) atoms. The van der Waals surface area contributed by atoms with E-state index >= 15 is 0 Å². The van der Waals surface area contributed by atoms with Crippen LogP contribution in [0.2, 0.25) is 0 Å². The average Bonchev–Trinajstić information content (AvgIpc) is 1.38. The molecule has 2 atom stereocenters. The summed E-state index contributed by atoms with van der Waals surface area (Å²) in [6.07, 6.45) is 0. The van der Waals surface area contributed by atoms with Gasteiger partial charge in [-0.2, -0.15) is 0 Å². The van der Waals surface area contributed by atoms with E-state index in [4.69, 9.17) is 0 Å². The van der Waals surface area contributed by atoms with Gasteiger partial charge in [0.2, 0.25) is 0 Å². The van der Waals surface area contributed by atoms with Crippen molar-refractivity contribution in [3.63, 3.8) is 0 Å². The van der Waals surface area contributed by atoms with Crippen molar-refractivity contribution < 1.29 is 3.97 Å². The fourth-order valence-electron chi connectivity index (χ4n) is 0. The molecule has 0 bridgehead atoms. The zero-order valence-electron chi connectivity index (χ0n) is 2.18. The third kappa shape index (κ3) is 5.69. The molecule has 1 nitrogen and oxygen atoms in total. The van der Waals surface area contributed by atoms with Crippen LogP contribution in [-0.2, 0) is 22.1 Å². The lowest BCUT2D eigenvalue weighted by atomic mass is 15.9. The zero-order chi connectivity index (χ0) is 4.28. The molecule has 5 heteroatoms. The molecule has 0 spiro atoms. The van der Waals surface area contributed by atoms with Crippen LogP contribution < -0.4 is 0 Å². The fraction of sp³-hybridized carbons (Fsp3) is 0. The maximum Gasteiger partial charge on any atom is 0.0742 e. The first-order valence-corrected chi connectivity index (χ1v) is 5.81. The minimum absolute atomic E-state index is 0.306. The highest BCUT2D eigenvalue weighted by Crippen LogP contribution is 2.00. The summed E-state index contributed by atoms with van der Waals surface area (Å²) in [5, 5.41) is 0. The molecule has 0 radical (unpaired) electrons. The molecule has 0 aliphatic heterocycles. The smallest absolute Gasteiger partial charge is 0.0742 e. The van der Waals surface area contributed by atoms with Crippen LogP contribution in [0.25, 0.3) is 0 Å². The molecule has 0 fully saturated rings. The van der Waals surface area contributed by atoms with Gasteiger partial charge in [-0.1, -0.05) is 0 Å². The van der Waals surface area contributed by atoms with E-state index in [1.54, 1.807) is 0 Å². The van der Waals surface area contributed by atoms with Crippen molar-refractivity contribution in [1.29, 1.82) is 0 Å². The van der Waals surface area contributed by atoms with Crippen LogP contribution in [0.5, 0.6) is 0 Å². The van der Waals surface area contributed by atoms with E-state index < -0.39 is 0 Å². The second kappa shape index (κ2) is 3.87. The van der Waals surface area contributed by atoms with Gasteiger partial charge in [0.15, 0.2) is 0 Å². The van der Waals surface area contributed by atoms with Crippen LogP contribution in [0.15, 0.2) is 0 Å². The van der Waals surface area contributed by atoms with Crippen LogP contribution in [0.1, 0.15) is 0 Å². The molecule has 0 aliphatic carbocycles. The summed E-state index contributed by atoms with van der Waals surface area (Å²) >= 11 is 6.56. The van der Waals surface area contributed by atoms with Crippen LogP contribution in [0.4, 0.5) is 0 Å². The predicted molar refractivity (Wildman–Crippen MR) is 39.5 cm³/mol. The van der Waals surface area contributed by atoms with Gasteiger partial charge >= 0.3 is 0 Å². The van der Waals surface area contributed by atoms with Crippen LogP contribution in [0, 0.1) is 0 Å². The SMILES string of the molecule is POS(=S)I. The lowest BCUT2D eigenvalue weighted by Crippen LogP contribution is -1.60. The summed E-state index contributed by atoms with van der Waals surface area (Å²) < 4.78 is 4.50. The van der Waals surface area contributed by atoms with E-state index in [1.165, 1.54) is 0 Å². The number of hydrogen-bond donors (Lipinski definition) is 0. The lowest BCUT2D eigenvalue weighted by Gasteiger charge is -1.80. The predicted octanol–water partition coefficient (Wildman–Crippen LogP) is 1.14. The van der Waals surface area contributed by atoms with E-state index in [0.717, 1.165) is 0 Å². The summed E-state index contributed by atoms with van der Waals surface area (Å²) in [4.78, 5) is 0. The quantitative estimate of drug-likeness (QED) is 0.386. The Bertz CT molecular complexity index is 44.9. The summed E-state index contributed by atoms with van der Waals surface area (Å²) in [5.74, 6) is 0. The Morgan fingerprint density at radius 2 is 2.20 bits per heavy atom. The first-order chi connectivity index (χ1) is 2.27. The number of hydrogen-bond acceptors (Lipinski definition) is 2. The number of halogens is 1. The third-order valence-corrected chi connectivity index (χ3v) is 3.26. The normalized spacial score (nSPS) is 14.8. The Hall–Kier alpha value is 1.69. The highest BCUT2D eigenvalue weighted by atomic mass is 127. The zero-order valence-corrected chi connectivity index (χ0v) is 7.13. The van der Waals surface area contributed by atoms with Gasteiger partial charge in [0.05, 0.1) is 6.91 Å². The van der Waals surface area contributed by atoms with Gasteiger partial charge < -0.3 is 0 Å². The van der Waals surface area contributed by atoms with Crippen molar-refractivity contribution in [3.05, 3.63) is 0 Å². The molecular weight excluding hydrogens is 238 g/mol. The summed E-state index contributed by atoms with van der Waals surface area (Å²) in [7, 11) is 2.10. The summed E-state index contributed by atoms with van der Waals surface area (Å²) in [5.41, 5.74) is 0. The Morgan fingerprint density at radius 3 is 2.20 bits per heavy atom. The van der Waals surface area contributed by atoms with Crippen molar-refractivity contribution >= 4 is 48.8 Å². The van der Waals surface area contributed by atoms with Gasteiger partial charge in [-0.25, -0.2) is 0 Å². The van der Waals surface area contributed by atoms with E-state index in [0.29, 0.717) is 0 Å². The van der Waals surface area contributed by atoms with Gasteiger partial charge in [0, 0.05) is 30.7 Å².